The first-order valence-electron chi connectivity index (χ1n) is 9.59. The number of nitrogens with one attached hydrogen (secondary N) is 2. The fourth-order valence-corrected chi connectivity index (χ4v) is 2.83. The van der Waals surface area contributed by atoms with E-state index in [0.717, 1.165) is 18.8 Å². The van der Waals surface area contributed by atoms with Crippen LogP contribution in [-0.4, -0.2) is 58.7 Å². The number of carbonyl (C=O) groups excluding carboxylic acids is 1. The van der Waals surface area contributed by atoms with Gasteiger partial charge in [-0.3, -0.25) is 4.79 Å². The maximum atomic E-state index is 11.9. The first-order valence-corrected chi connectivity index (χ1v) is 9.59. The van der Waals surface area contributed by atoms with Crippen LogP contribution in [0.15, 0.2) is 35.6 Å². The molecule has 0 radical (unpaired) electrons. The van der Waals surface area contributed by atoms with E-state index in [4.69, 9.17) is 0 Å². The molecule has 0 saturated carbocycles. The molecule has 2 aromatic rings. The van der Waals surface area contributed by atoms with E-state index in [9.17, 15) is 4.79 Å². The highest BCUT2D eigenvalue weighted by molar-refractivity contribution is 5.85. The van der Waals surface area contributed by atoms with Crippen LogP contribution in [-0.2, 0) is 17.8 Å². The Morgan fingerprint density at radius 2 is 2.07 bits per heavy atom. The van der Waals surface area contributed by atoms with Crippen LogP contribution in [0.5, 0.6) is 0 Å². The largest absolute Gasteiger partial charge is 0.355 e. The summed E-state index contributed by atoms with van der Waals surface area (Å²) in [4.78, 5) is 17.9. The molecule has 2 N–H and O–H groups in total. The van der Waals surface area contributed by atoms with Crippen molar-refractivity contribution in [1.82, 2.24) is 30.3 Å². The maximum Gasteiger partial charge on any atom is 0.243 e. The van der Waals surface area contributed by atoms with Crippen molar-refractivity contribution < 1.29 is 4.79 Å². The lowest BCUT2D eigenvalue weighted by Crippen LogP contribution is -2.41. The minimum absolute atomic E-state index is 0.0447. The molecule has 1 atom stereocenters. The van der Waals surface area contributed by atoms with E-state index in [1.54, 1.807) is 20.4 Å². The van der Waals surface area contributed by atoms with Crippen LogP contribution in [0.25, 0.3) is 0 Å². The van der Waals surface area contributed by atoms with Crippen LogP contribution in [0.3, 0.4) is 0 Å². The van der Waals surface area contributed by atoms with Crippen molar-refractivity contribution in [3.8, 4) is 0 Å². The van der Waals surface area contributed by atoms with Crippen molar-refractivity contribution >= 4 is 11.9 Å². The Morgan fingerprint density at radius 3 is 2.75 bits per heavy atom. The Morgan fingerprint density at radius 1 is 1.32 bits per heavy atom. The zero-order chi connectivity index (χ0) is 20.5. The molecule has 0 bridgehead atoms. The van der Waals surface area contributed by atoms with Gasteiger partial charge in [-0.2, -0.15) is 0 Å². The van der Waals surface area contributed by atoms with Gasteiger partial charge in [-0.15, -0.1) is 10.2 Å². The number of aromatic nitrogens is 3. The van der Waals surface area contributed by atoms with Crippen molar-refractivity contribution in [3.63, 3.8) is 0 Å². The fraction of sp³-hybridized carbons (Fsp3) is 0.500. The highest BCUT2D eigenvalue weighted by Crippen LogP contribution is 2.16. The third kappa shape index (κ3) is 6.07. The minimum Gasteiger partial charge on any atom is -0.355 e. The number of hydrogen-bond acceptors (Lipinski definition) is 4. The lowest BCUT2D eigenvalue weighted by Gasteiger charge is -2.20. The Labute approximate surface area is 167 Å². The second kappa shape index (κ2) is 10.4. The summed E-state index contributed by atoms with van der Waals surface area (Å²) in [6.07, 6.45) is 2.57. The normalized spacial score (nSPS) is 12.5. The van der Waals surface area contributed by atoms with E-state index in [2.05, 4.69) is 58.7 Å². The molecule has 1 amide bonds. The molecule has 0 aliphatic rings. The van der Waals surface area contributed by atoms with Gasteiger partial charge in [0, 0.05) is 33.6 Å². The zero-order valence-electron chi connectivity index (χ0n) is 17.4. The van der Waals surface area contributed by atoms with Gasteiger partial charge >= 0.3 is 0 Å². The van der Waals surface area contributed by atoms with Crippen LogP contribution in [0.2, 0.25) is 0 Å². The number of likely N-dealkylation sites (N-methyl/N-ethyl adjacent to an activating group) is 1. The van der Waals surface area contributed by atoms with E-state index in [0.29, 0.717) is 12.5 Å². The number of nitrogens with zero attached hydrogens (tertiary/aromatic N) is 5. The summed E-state index contributed by atoms with van der Waals surface area (Å²) < 4.78 is 2.01. The Hall–Kier alpha value is -2.90. The van der Waals surface area contributed by atoms with E-state index >= 15 is 0 Å². The lowest BCUT2D eigenvalue weighted by molar-refractivity contribution is -0.127. The van der Waals surface area contributed by atoms with Crippen LogP contribution < -0.4 is 10.6 Å². The molecule has 0 saturated heterocycles. The molecule has 1 unspecified atom stereocenters. The van der Waals surface area contributed by atoms with Gasteiger partial charge in [-0.05, 0) is 25.0 Å². The van der Waals surface area contributed by atoms with Crippen LogP contribution >= 0.6 is 0 Å². The van der Waals surface area contributed by atoms with Crippen molar-refractivity contribution in [2.45, 2.75) is 39.8 Å². The molecule has 1 heterocycles. The summed E-state index contributed by atoms with van der Waals surface area (Å²) in [5.74, 6) is 1.51. The number of hydrogen-bond donors (Lipinski definition) is 2. The highest BCUT2D eigenvalue weighted by atomic mass is 16.2. The molecule has 0 spiro atoms. The van der Waals surface area contributed by atoms with E-state index < -0.39 is 0 Å². The van der Waals surface area contributed by atoms with Crippen LogP contribution in [0, 0.1) is 6.92 Å². The monoisotopic (exact) mass is 385 g/mol. The van der Waals surface area contributed by atoms with Gasteiger partial charge in [0.25, 0.3) is 0 Å². The van der Waals surface area contributed by atoms with Gasteiger partial charge in [0.1, 0.15) is 18.7 Å². The van der Waals surface area contributed by atoms with Crippen molar-refractivity contribution in [2.75, 3.05) is 27.2 Å². The van der Waals surface area contributed by atoms with Crippen molar-refractivity contribution in [2.24, 2.45) is 4.99 Å². The van der Waals surface area contributed by atoms with Gasteiger partial charge in [0.15, 0.2) is 5.96 Å². The molecule has 8 heteroatoms. The predicted molar refractivity (Wildman–Crippen MR) is 111 cm³/mol. The minimum atomic E-state index is -0.0447. The number of benzene rings is 1. The Bertz CT molecular complexity index is 797. The third-order valence-corrected chi connectivity index (χ3v) is 4.54. The quantitative estimate of drug-likeness (QED) is 0.532. The van der Waals surface area contributed by atoms with Gasteiger partial charge in [0.05, 0.1) is 6.04 Å². The molecule has 1 aromatic heterocycles. The SMILES string of the molecule is CCc1nncn1CCNC(=NCC(=O)N(C)C)NC(C)c1ccccc1C. The number of amides is 1. The molecule has 28 heavy (non-hydrogen) atoms. The van der Waals surface area contributed by atoms with Crippen LogP contribution in [0.1, 0.15) is 36.8 Å². The molecule has 0 aliphatic carbocycles. The Kier molecular flexibility index (Phi) is 7.98. The first-order chi connectivity index (χ1) is 13.4. The zero-order valence-corrected chi connectivity index (χ0v) is 17.4. The standard InChI is InChI=1S/C20H31N7O/c1-6-18-25-23-14-27(18)12-11-21-20(22-13-19(28)26(4)5)24-16(3)17-10-8-7-9-15(17)2/h7-10,14,16H,6,11-13H2,1-5H3,(H2,21,22,24). The average Bonchev–Trinajstić information content (AvgIpc) is 3.13. The average molecular weight is 386 g/mol. The van der Waals surface area contributed by atoms with E-state index in [-0.39, 0.29) is 18.5 Å². The lowest BCUT2D eigenvalue weighted by atomic mass is 10.0. The summed E-state index contributed by atoms with van der Waals surface area (Å²) in [6.45, 7) is 7.69. The topological polar surface area (TPSA) is 87.4 Å². The van der Waals surface area contributed by atoms with Gasteiger partial charge < -0.3 is 20.1 Å². The molecule has 0 aliphatic heterocycles. The smallest absolute Gasteiger partial charge is 0.243 e. The van der Waals surface area contributed by atoms with E-state index in [1.807, 2.05) is 16.7 Å². The summed E-state index contributed by atoms with van der Waals surface area (Å²) in [5, 5.41) is 14.8. The first kappa shape index (κ1) is 21.4. The molecule has 8 nitrogen and oxygen atoms in total. The van der Waals surface area contributed by atoms with Gasteiger partial charge in [-0.1, -0.05) is 31.2 Å². The number of rotatable bonds is 8. The fourth-order valence-electron chi connectivity index (χ4n) is 2.83. The molecular weight excluding hydrogens is 354 g/mol. The van der Waals surface area contributed by atoms with Gasteiger partial charge in [-0.25, -0.2) is 4.99 Å². The summed E-state index contributed by atoms with van der Waals surface area (Å²) >= 11 is 0. The summed E-state index contributed by atoms with van der Waals surface area (Å²) in [7, 11) is 3.46. The molecule has 1 aromatic carbocycles. The second-order valence-electron chi connectivity index (χ2n) is 6.90. The molecular formula is C20H31N7O. The predicted octanol–water partition coefficient (Wildman–Crippen LogP) is 1.53. The number of aryl methyl sites for hydroxylation is 2. The third-order valence-electron chi connectivity index (χ3n) is 4.54. The van der Waals surface area contributed by atoms with Crippen molar-refractivity contribution in [3.05, 3.63) is 47.5 Å². The number of carbonyl (C=O) groups is 1. The molecule has 2 rings (SSSR count). The summed E-state index contributed by atoms with van der Waals surface area (Å²) in [5.41, 5.74) is 2.41. The number of aliphatic imine (C=N–C) groups is 1. The van der Waals surface area contributed by atoms with Crippen LogP contribution in [0.4, 0.5) is 0 Å². The second-order valence-corrected chi connectivity index (χ2v) is 6.90. The van der Waals surface area contributed by atoms with E-state index in [1.165, 1.54) is 16.0 Å². The summed E-state index contributed by atoms with van der Waals surface area (Å²) in [6, 6.07) is 8.30. The van der Waals surface area contributed by atoms with Gasteiger partial charge in [0.2, 0.25) is 5.91 Å². The maximum absolute atomic E-state index is 11.9. The molecule has 152 valence electrons. The highest BCUT2D eigenvalue weighted by Gasteiger charge is 2.11. The van der Waals surface area contributed by atoms with Crippen molar-refractivity contribution in [1.29, 1.82) is 0 Å². The Balaban J connectivity index is 2.04. The number of guanidine groups is 1. The molecule has 0 fully saturated rings.